The van der Waals surface area contributed by atoms with Crippen LogP contribution in [0.3, 0.4) is 0 Å². The van der Waals surface area contributed by atoms with E-state index in [1.165, 1.54) is 6.33 Å². The summed E-state index contributed by atoms with van der Waals surface area (Å²) in [4.78, 5) is 43.6. The Morgan fingerprint density at radius 3 is 2.32 bits per heavy atom. The van der Waals surface area contributed by atoms with Crippen molar-refractivity contribution >= 4 is 60.1 Å². The van der Waals surface area contributed by atoms with E-state index in [0.29, 0.717) is 41.2 Å². The second-order valence-electron chi connectivity index (χ2n) is 15.4. The number of carbonyl (C=O) groups is 1. The van der Waals surface area contributed by atoms with Gasteiger partial charge in [-0.2, -0.15) is 0 Å². The predicted molar refractivity (Wildman–Crippen MR) is 229 cm³/mol. The van der Waals surface area contributed by atoms with Gasteiger partial charge in [-0.1, -0.05) is 118 Å². The molecule has 16 heteroatoms. The minimum atomic E-state index is -4.08. The maximum absolute atomic E-state index is 13.9. The number of imidazole rings is 1. The maximum atomic E-state index is 13.9. The fourth-order valence-corrected chi connectivity index (χ4v) is 13.6. The molecular formula is C43H49N6O7PSSi. The van der Waals surface area contributed by atoms with Crippen LogP contribution in [0.2, 0.25) is 5.04 Å². The molecule has 0 aliphatic carbocycles. The average Bonchev–Trinajstić information content (AvgIpc) is 3.86. The number of ether oxygens (including phenoxy) is 2. The molecular weight excluding hydrogens is 804 g/mol. The molecule has 59 heavy (non-hydrogen) atoms. The minimum absolute atomic E-state index is 0.184. The third-order valence-corrected chi connectivity index (χ3v) is 16.9. The first-order chi connectivity index (χ1) is 28.4. The molecule has 0 radical (unpaired) electrons. The standard InChI is InChI=1S/C43H49N6O7PSSi/c1-6-24-52-32-22-23-44-35(25-32)30(2)55-57(51,58)53-27-37-36(56-59(43(3,4)5,33-18-12-8-13-19-33)34-20-14-9-15-21-34)26-38(54-37)49-29-47-39-40(45-28-46-41(39)49)48-42(50)31-16-10-7-11-17-31/h7-23,25,28-30,36-38H,6,24,26-27H2,1-5H3,(H,51,58)(H,45,46,48,50)/t30-,36+,37-,38-,57?/m1/s1. The van der Waals surface area contributed by atoms with E-state index in [-0.39, 0.29) is 23.4 Å². The lowest BCUT2D eigenvalue weighted by atomic mass is 10.2. The number of benzene rings is 3. The van der Waals surface area contributed by atoms with Crippen LogP contribution in [0.4, 0.5) is 5.82 Å². The molecule has 13 nitrogen and oxygen atoms in total. The number of carbonyl (C=O) groups excluding carboxylic acids is 1. The van der Waals surface area contributed by atoms with Crippen LogP contribution in [-0.2, 0) is 30.0 Å². The highest BCUT2D eigenvalue weighted by Crippen LogP contribution is 2.46. The van der Waals surface area contributed by atoms with Gasteiger partial charge >= 0.3 is 0 Å². The number of pyridine rings is 1. The molecule has 0 saturated carbocycles. The number of hydrogen-bond donors (Lipinski definition) is 1. The van der Waals surface area contributed by atoms with E-state index >= 15 is 0 Å². The predicted octanol–water partition coefficient (Wildman–Crippen LogP) is 6.29. The van der Waals surface area contributed by atoms with Gasteiger partial charge in [0.15, 0.2) is 23.2 Å². The minimum Gasteiger partial charge on any atom is -0.780 e. The zero-order chi connectivity index (χ0) is 41.6. The molecule has 2 N–H and O–H groups in total. The lowest BCUT2D eigenvalue weighted by Gasteiger charge is -2.45. The molecule has 4 heterocycles. The van der Waals surface area contributed by atoms with Gasteiger partial charge in [0.1, 0.15) is 37.2 Å². The van der Waals surface area contributed by atoms with Crippen molar-refractivity contribution in [2.45, 2.75) is 77.0 Å². The number of nitrogens with one attached hydrogen (secondary N) is 2. The summed E-state index contributed by atoms with van der Waals surface area (Å²) in [6, 6.07) is 33.1. The molecule has 1 fully saturated rings. The molecule has 6 aromatic rings. The van der Waals surface area contributed by atoms with Crippen LogP contribution in [0.1, 0.15) is 75.8 Å². The molecule has 1 unspecified atom stereocenters. The van der Waals surface area contributed by atoms with Crippen molar-refractivity contribution in [2.75, 3.05) is 18.5 Å². The third-order valence-electron chi connectivity index (χ3n) is 10.3. The summed E-state index contributed by atoms with van der Waals surface area (Å²) in [5.74, 6) is 0.597. The molecule has 5 atom stereocenters. The first-order valence-electron chi connectivity index (χ1n) is 19.6. The van der Waals surface area contributed by atoms with Gasteiger partial charge in [0.25, 0.3) is 14.2 Å². The summed E-state index contributed by atoms with van der Waals surface area (Å²) in [6.45, 7) is 6.69. The monoisotopic (exact) mass is 852 g/mol. The SMILES string of the molecule is CCCOc1cc[nH+]c([C@@H](C)OP([O-])(=S)OC[C@H]2O[C@@H](n3cnc4c(NC(=O)c5ccccc5)ncnc43)C[C@@H]2O[Si](c2ccccc2)(c2ccccc2)C(C)(C)C)c1. The number of fused-ring (bicyclic) bond motifs is 1. The third kappa shape index (κ3) is 9.53. The van der Waals surface area contributed by atoms with Gasteiger partial charge in [-0.15, -0.1) is 0 Å². The second kappa shape index (κ2) is 18.3. The Morgan fingerprint density at radius 1 is 1.02 bits per heavy atom. The Bertz CT molecular complexity index is 2350. The van der Waals surface area contributed by atoms with Crippen LogP contribution >= 0.6 is 6.72 Å². The van der Waals surface area contributed by atoms with E-state index in [0.717, 1.165) is 16.8 Å². The Morgan fingerprint density at radius 2 is 1.68 bits per heavy atom. The van der Waals surface area contributed by atoms with Crippen molar-refractivity contribution < 1.29 is 37.6 Å². The zero-order valence-corrected chi connectivity index (χ0v) is 36.4. The van der Waals surface area contributed by atoms with Crippen LogP contribution in [0.25, 0.3) is 11.2 Å². The van der Waals surface area contributed by atoms with Crippen LogP contribution < -0.4 is 30.3 Å². The summed E-state index contributed by atoms with van der Waals surface area (Å²) in [6.07, 6.45) is 3.29. The quantitative estimate of drug-likeness (QED) is 0.0863. The molecule has 1 aliphatic rings. The number of nitrogens with zero attached hydrogens (tertiary/aromatic N) is 4. The second-order valence-corrected chi connectivity index (χ2v) is 22.3. The lowest BCUT2D eigenvalue weighted by molar-refractivity contribution is -0.399. The number of aromatic amines is 1. The number of H-pyrrole nitrogens is 1. The molecule has 3 aromatic heterocycles. The van der Waals surface area contributed by atoms with Gasteiger partial charge < -0.3 is 33.2 Å². The largest absolute Gasteiger partial charge is 0.780 e. The fraction of sp³-hybridized carbons (Fsp3) is 0.326. The summed E-state index contributed by atoms with van der Waals surface area (Å²) in [5, 5.41) is 4.70. The van der Waals surface area contributed by atoms with Crippen LogP contribution in [-0.4, -0.2) is 59.2 Å². The fourth-order valence-electron chi connectivity index (χ4n) is 7.44. The molecule has 0 spiro atoms. The summed E-state index contributed by atoms with van der Waals surface area (Å²) < 4.78 is 33.9. The van der Waals surface area contributed by atoms with E-state index in [1.54, 1.807) is 54.3 Å². The zero-order valence-electron chi connectivity index (χ0n) is 33.7. The number of anilines is 1. The first kappa shape index (κ1) is 42.4. The summed E-state index contributed by atoms with van der Waals surface area (Å²) in [7, 11) is -3.12. The van der Waals surface area contributed by atoms with E-state index in [9.17, 15) is 9.69 Å². The van der Waals surface area contributed by atoms with E-state index < -0.39 is 39.6 Å². The highest BCUT2D eigenvalue weighted by atomic mass is 32.5. The summed E-state index contributed by atoms with van der Waals surface area (Å²) in [5.41, 5.74) is 1.95. The van der Waals surface area contributed by atoms with Gasteiger partial charge in [-0.25, -0.2) is 19.9 Å². The molecule has 3 aromatic carbocycles. The number of amides is 1. The topological polar surface area (TPSA) is 156 Å². The van der Waals surface area contributed by atoms with Gasteiger partial charge in [0.2, 0.25) is 5.69 Å². The van der Waals surface area contributed by atoms with Crippen molar-refractivity contribution in [1.29, 1.82) is 0 Å². The van der Waals surface area contributed by atoms with Gasteiger partial charge in [0, 0.05) is 18.1 Å². The van der Waals surface area contributed by atoms with Crippen molar-refractivity contribution in [1.82, 2.24) is 19.5 Å². The van der Waals surface area contributed by atoms with E-state index in [2.05, 4.69) is 70.3 Å². The molecule has 1 saturated heterocycles. The maximum Gasteiger partial charge on any atom is 0.261 e. The average molecular weight is 853 g/mol. The Kier molecular flexibility index (Phi) is 13.1. The molecule has 1 aliphatic heterocycles. The molecule has 1 amide bonds. The molecule has 0 bridgehead atoms. The van der Waals surface area contributed by atoms with Gasteiger partial charge in [-0.05, 0) is 40.9 Å². The highest BCUT2D eigenvalue weighted by Gasteiger charge is 2.54. The number of hydrogen-bond acceptors (Lipinski definition) is 11. The van der Waals surface area contributed by atoms with Crippen molar-refractivity contribution in [3.05, 3.63) is 133 Å². The van der Waals surface area contributed by atoms with Crippen molar-refractivity contribution in [3.8, 4) is 5.75 Å². The van der Waals surface area contributed by atoms with E-state index in [4.69, 9.17) is 34.8 Å². The van der Waals surface area contributed by atoms with Crippen molar-refractivity contribution in [3.63, 3.8) is 0 Å². The highest BCUT2D eigenvalue weighted by molar-refractivity contribution is 8.06. The smallest absolute Gasteiger partial charge is 0.261 e. The van der Waals surface area contributed by atoms with Crippen LogP contribution in [0.5, 0.6) is 5.75 Å². The molecule has 7 rings (SSSR count). The molecule has 308 valence electrons. The van der Waals surface area contributed by atoms with Gasteiger partial charge in [-0.3, -0.25) is 9.36 Å². The Hall–Kier alpha value is -4.70. The van der Waals surface area contributed by atoms with Crippen molar-refractivity contribution in [2.24, 2.45) is 0 Å². The normalized spacial score (nSPS) is 18.6. The number of aromatic nitrogens is 5. The van der Waals surface area contributed by atoms with E-state index in [1.807, 2.05) is 55.5 Å². The van der Waals surface area contributed by atoms with Crippen LogP contribution in [0.15, 0.2) is 122 Å². The van der Waals surface area contributed by atoms with Gasteiger partial charge in [0.05, 0.1) is 31.7 Å². The first-order valence-corrected chi connectivity index (χ1v) is 24.1. The van der Waals surface area contributed by atoms with Crippen LogP contribution in [0, 0.1) is 0 Å². The Balaban J connectivity index is 1.20. The Labute approximate surface area is 350 Å². The number of rotatable bonds is 16. The summed E-state index contributed by atoms with van der Waals surface area (Å²) >= 11 is 5.49. The lowest BCUT2D eigenvalue weighted by Crippen LogP contribution is -2.68.